The summed E-state index contributed by atoms with van der Waals surface area (Å²) in [5.74, 6) is -0.0762. The number of fused-ring (bicyclic) bond motifs is 1. The van der Waals surface area contributed by atoms with Gasteiger partial charge in [0.1, 0.15) is 0 Å². The molecule has 0 unspecified atom stereocenters. The second-order valence-electron chi connectivity index (χ2n) is 5.49. The van der Waals surface area contributed by atoms with Gasteiger partial charge in [-0.1, -0.05) is 48.0 Å². The number of H-pyrrole nitrogens is 1. The van der Waals surface area contributed by atoms with Crippen molar-refractivity contribution < 1.29 is 4.79 Å². The van der Waals surface area contributed by atoms with E-state index in [9.17, 15) is 9.59 Å². The number of nitrogens with zero attached hydrogens (tertiary/aromatic N) is 1. The van der Waals surface area contributed by atoms with Gasteiger partial charge in [0.2, 0.25) is 5.91 Å². The van der Waals surface area contributed by atoms with Gasteiger partial charge in [0.05, 0.1) is 24.0 Å². The van der Waals surface area contributed by atoms with Gasteiger partial charge < -0.3 is 5.32 Å². The lowest BCUT2D eigenvalue weighted by Gasteiger charge is -2.07. The first-order valence-corrected chi connectivity index (χ1v) is 7.42. The summed E-state index contributed by atoms with van der Waals surface area (Å²) in [4.78, 5) is 23.8. The van der Waals surface area contributed by atoms with Crippen molar-refractivity contribution in [2.45, 2.75) is 19.9 Å². The topological polar surface area (TPSA) is 74.8 Å². The summed E-state index contributed by atoms with van der Waals surface area (Å²) in [7, 11) is 0. The summed E-state index contributed by atoms with van der Waals surface area (Å²) in [5.41, 5.74) is 2.53. The second-order valence-corrected chi connectivity index (χ2v) is 5.49. The van der Waals surface area contributed by atoms with Crippen LogP contribution in [0.15, 0.2) is 53.3 Å². The van der Waals surface area contributed by atoms with Crippen LogP contribution >= 0.6 is 0 Å². The minimum atomic E-state index is -0.226. The molecule has 0 aliphatic heterocycles. The predicted molar refractivity (Wildman–Crippen MR) is 89.1 cm³/mol. The number of benzene rings is 2. The summed E-state index contributed by atoms with van der Waals surface area (Å²) in [5, 5.41) is 10.7. The van der Waals surface area contributed by atoms with Crippen molar-refractivity contribution in [3.8, 4) is 0 Å². The highest BCUT2D eigenvalue weighted by Crippen LogP contribution is 2.12. The Morgan fingerprint density at radius 1 is 1.13 bits per heavy atom. The highest BCUT2D eigenvalue weighted by molar-refractivity contribution is 5.84. The number of nitrogens with one attached hydrogen (secondary N) is 2. The van der Waals surface area contributed by atoms with E-state index in [0.29, 0.717) is 17.5 Å². The molecule has 3 aromatic rings. The molecule has 0 saturated carbocycles. The number of aromatic nitrogens is 2. The molecule has 5 heteroatoms. The van der Waals surface area contributed by atoms with Gasteiger partial charge in [-0.05, 0) is 18.6 Å². The largest absolute Gasteiger partial charge is 0.350 e. The van der Waals surface area contributed by atoms with E-state index in [1.807, 2.05) is 43.3 Å². The Morgan fingerprint density at radius 2 is 1.91 bits per heavy atom. The molecule has 0 bridgehead atoms. The summed E-state index contributed by atoms with van der Waals surface area (Å²) < 4.78 is 0. The SMILES string of the molecule is Cc1cccc(CC(=O)NCc2n[nH]c(=O)c3ccccc23)c1. The van der Waals surface area contributed by atoms with E-state index in [0.717, 1.165) is 16.5 Å². The van der Waals surface area contributed by atoms with E-state index >= 15 is 0 Å². The van der Waals surface area contributed by atoms with Crippen molar-refractivity contribution >= 4 is 16.7 Å². The number of rotatable bonds is 4. The van der Waals surface area contributed by atoms with Crippen LogP contribution in [0.3, 0.4) is 0 Å². The average Bonchev–Trinajstić information content (AvgIpc) is 2.54. The molecule has 0 aliphatic rings. The lowest BCUT2D eigenvalue weighted by molar-refractivity contribution is -0.120. The zero-order valence-corrected chi connectivity index (χ0v) is 12.8. The van der Waals surface area contributed by atoms with Gasteiger partial charge in [-0.15, -0.1) is 0 Å². The van der Waals surface area contributed by atoms with Gasteiger partial charge in [0.15, 0.2) is 0 Å². The number of carbonyl (C=O) groups is 1. The molecular weight excluding hydrogens is 290 g/mol. The van der Waals surface area contributed by atoms with Crippen molar-refractivity contribution in [1.82, 2.24) is 15.5 Å². The average molecular weight is 307 g/mol. The molecule has 116 valence electrons. The van der Waals surface area contributed by atoms with Gasteiger partial charge in [0.25, 0.3) is 5.56 Å². The van der Waals surface area contributed by atoms with Crippen LogP contribution in [0.25, 0.3) is 10.8 Å². The van der Waals surface area contributed by atoms with Crippen LogP contribution in [0.5, 0.6) is 0 Å². The molecule has 0 fully saturated rings. The summed E-state index contributed by atoms with van der Waals surface area (Å²) in [6.45, 7) is 2.28. The molecule has 2 N–H and O–H groups in total. The molecule has 1 heterocycles. The van der Waals surface area contributed by atoms with Crippen LogP contribution in [0.2, 0.25) is 0 Å². The molecule has 0 atom stereocenters. The zero-order chi connectivity index (χ0) is 16.2. The highest BCUT2D eigenvalue weighted by Gasteiger charge is 2.08. The summed E-state index contributed by atoms with van der Waals surface area (Å²) >= 11 is 0. The Kier molecular flexibility index (Phi) is 4.19. The first kappa shape index (κ1) is 15.0. The molecule has 0 aliphatic carbocycles. The molecule has 1 aromatic heterocycles. The minimum Gasteiger partial charge on any atom is -0.350 e. The number of hydrogen-bond donors (Lipinski definition) is 2. The maximum Gasteiger partial charge on any atom is 0.272 e. The maximum absolute atomic E-state index is 12.1. The Labute approximate surface area is 133 Å². The molecule has 0 spiro atoms. The minimum absolute atomic E-state index is 0.0762. The summed E-state index contributed by atoms with van der Waals surface area (Å²) in [6.07, 6.45) is 0.322. The van der Waals surface area contributed by atoms with Crippen molar-refractivity contribution in [1.29, 1.82) is 0 Å². The van der Waals surface area contributed by atoms with E-state index < -0.39 is 0 Å². The van der Waals surface area contributed by atoms with Crippen LogP contribution in [-0.4, -0.2) is 16.1 Å². The maximum atomic E-state index is 12.1. The number of amides is 1. The van der Waals surface area contributed by atoms with E-state index in [-0.39, 0.29) is 18.0 Å². The fourth-order valence-electron chi connectivity index (χ4n) is 2.56. The van der Waals surface area contributed by atoms with E-state index in [4.69, 9.17) is 0 Å². The number of hydrogen-bond acceptors (Lipinski definition) is 3. The van der Waals surface area contributed by atoms with Gasteiger partial charge >= 0.3 is 0 Å². The molecule has 23 heavy (non-hydrogen) atoms. The third-order valence-electron chi connectivity index (χ3n) is 3.68. The second kappa shape index (κ2) is 6.44. The molecule has 5 nitrogen and oxygen atoms in total. The lowest BCUT2D eigenvalue weighted by Crippen LogP contribution is -2.26. The fourth-order valence-corrected chi connectivity index (χ4v) is 2.56. The van der Waals surface area contributed by atoms with Crippen molar-refractivity contribution in [3.63, 3.8) is 0 Å². The monoisotopic (exact) mass is 307 g/mol. The third-order valence-corrected chi connectivity index (χ3v) is 3.68. The van der Waals surface area contributed by atoms with Crippen LogP contribution in [0, 0.1) is 6.92 Å². The van der Waals surface area contributed by atoms with Crippen LogP contribution in [0.4, 0.5) is 0 Å². The standard InChI is InChI=1S/C18H17N3O2/c1-12-5-4-6-13(9-12)10-17(22)19-11-16-14-7-2-3-8-15(14)18(23)21-20-16/h2-9H,10-11H2,1H3,(H,19,22)(H,21,23). The Morgan fingerprint density at radius 3 is 2.70 bits per heavy atom. The third kappa shape index (κ3) is 3.45. The van der Waals surface area contributed by atoms with E-state index in [2.05, 4.69) is 15.5 Å². The number of aromatic amines is 1. The van der Waals surface area contributed by atoms with Gasteiger partial charge in [0, 0.05) is 5.39 Å². The van der Waals surface area contributed by atoms with Crippen LogP contribution < -0.4 is 10.9 Å². The highest BCUT2D eigenvalue weighted by atomic mass is 16.1. The zero-order valence-electron chi connectivity index (χ0n) is 12.8. The smallest absolute Gasteiger partial charge is 0.272 e. The Hall–Kier alpha value is -2.95. The Balaban J connectivity index is 1.72. The van der Waals surface area contributed by atoms with Crippen LogP contribution in [-0.2, 0) is 17.8 Å². The molecule has 1 amide bonds. The van der Waals surface area contributed by atoms with Gasteiger partial charge in [-0.3, -0.25) is 9.59 Å². The normalized spacial score (nSPS) is 10.7. The van der Waals surface area contributed by atoms with Crippen molar-refractivity contribution in [2.75, 3.05) is 0 Å². The first-order chi connectivity index (χ1) is 11.1. The molecular formula is C18H17N3O2. The number of aryl methyl sites for hydroxylation is 1. The lowest BCUT2D eigenvalue weighted by atomic mass is 10.1. The van der Waals surface area contributed by atoms with Gasteiger partial charge in [-0.2, -0.15) is 5.10 Å². The molecule has 2 aromatic carbocycles. The fraction of sp³-hybridized carbons (Fsp3) is 0.167. The van der Waals surface area contributed by atoms with Crippen molar-refractivity contribution in [3.05, 3.63) is 75.7 Å². The molecule has 0 saturated heterocycles. The summed E-state index contributed by atoms with van der Waals surface area (Å²) in [6, 6.07) is 15.1. The Bertz CT molecular complexity index is 915. The van der Waals surface area contributed by atoms with Crippen LogP contribution in [0.1, 0.15) is 16.8 Å². The molecule has 3 rings (SSSR count). The quantitative estimate of drug-likeness (QED) is 0.775. The first-order valence-electron chi connectivity index (χ1n) is 7.42. The predicted octanol–water partition coefficient (Wildman–Crippen LogP) is 2.09. The van der Waals surface area contributed by atoms with E-state index in [1.165, 1.54) is 0 Å². The molecule has 0 radical (unpaired) electrons. The van der Waals surface area contributed by atoms with Gasteiger partial charge in [-0.25, -0.2) is 5.10 Å². The van der Waals surface area contributed by atoms with E-state index in [1.54, 1.807) is 12.1 Å². The van der Waals surface area contributed by atoms with Crippen molar-refractivity contribution in [2.24, 2.45) is 0 Å². The number of carbonyl (C=O) groups excluding carboxylic acids is 1.